The molecule has 114 valence electrons. The van der Waals surface area contributed by atoms with Crippen molar-refractivity contribution in [3.05, 3.63) is 71.3 Å². The molecule has 0 amide bonds. The van der Waals surface area contributed by atoms with E-state index in [4.69, 9.17) is 4.74 Å². The molecule has 0 atom stereocenters. The molecule has 0 unspecified atom stereocenters. The third-order valence-electron chi connectivity index (χ3n) is 3.32. The van der Waals surface area contributed by atoms with Crippen LogP contribution in [0.2, 0.25) is 0 Å². The average molecular weight is 304 g/mol. The van der Waals surface area contributed by atoms with Crippen LogP contribution in [-0.2, 0) is 4.74 Å². The summed E-state index contributed by atoms with van der Waals surface area (Å²) in [4.78, 5) is 16.4. The van der Waals surface area contributed by atoms with Crippen molar-refractivity contribution in [2.45, 2.75) is 13.8 Å². The fourth-order valence-electron chi connectivity index (χ4n) is 2.31. The molecular formula is C19H16N2O2. The molecule has 0 aliphatic rings. The molecule has 23 heavy (non-hydrogen) atoms. The number of nitrogens with zero attached hydrogens (tertiary/aromatic N) is 2. The van der Waals surface area contributed by atoms with Crippen LogP contribution in [0, 0.1) is 18.8 Å². The predicted octanol–water partition coefficient (Wildman–Crippen LogP) is 3.22. The van der Waals surface area contributed by atoms with Crippen LogP contribution in [-0.4, -0.2) is 22.0 Å². The fraction of sp³-hybridized carbons (Fsp3) is 0.158. The molecule has 0 spiro atoms. The van der Waals surface area contributed by atoms with Gasteiger partial charge in [-0.2, -0.15) is 0 Å². The maximum atomic E-state index is 11.9. The van der Waals surface area contributed by atoms with Gasteiger partial charge in [-0.05, 0) is 38.0 Å². The summed E-state index contributed by atoms with van der Waals surface area (Å²) in [5.74, 6) is 5.86. The van der Waals surface area contributed by atoms with Crippen molar-refractivity contribution < 1.29 is 9.53 Å². The van der Waals surface area contributed by atoms with E-state index < -0.39 is 0 Å². The highest BCUT2D eigenvalue weighted by molar-refractivity contribution is 5.91. The van der Waals surface area contributed by atoms with Crippen molar-refractivity contribution in [3.63, 3.8) is 0 Å². The van der Waals surface area contributed by atoms with Gasteiger partial charge in [0.1, 0.15) is 5.69 Å². The first-order chi connectivity index (χ1) is 11.2. The molecule has 3 aromatic rings. The molecule has 3 rings (SSSR count). The highest BCUT2D eigenvalue weighted by atomic mass is 16.5. The Kier molecular flexibility index (Phi) is 4.11. The largest absolute Gasteiger partial charge is 0.462 e. The lowest BCUT2D eigenvalue weighted by Gasteiger charge is -1.99. The van der Waals surface area contributed by atoms with E-state index in [2.05, 4.69) is 16.8 Å². The summed E-state index contributed by atoms with van der Waals surface area (Å²) in [6.45, 7) is 4.04. The molecule has 0 radical (unpaired) electrons. The molecule has 0 bridgehead atoms. The smallest absolute Gasteiger partial charge is 0.339 e. The average Bonchev–Trinajstić information content (AvgIpc) is 2.98. The van der Waals surface area contributed by atoms with E-state index in [0.717, 1.165) is 16.8 Å². The van der Waals surface area contributed by atoms with Gasteiger partial charge in [0, 0.05) is 18.0 Å². The maximum absolute atomic E-state index is 11.9. The van der Waals surface area contributed by atoms with Crippen molar-refractivity contribution in [1.82, 2.24) is 9.38 Å². The number of rotatable bonds is 2. The summed E-state index contributed by atoms with van der Waals surface area (Å²) in [5, 5.41) is 0. The second-order valence-corrected chi connectivity index (χ2v) is 5.09. The van der Waals surface area contributed by atoms with Crippen LogP contribution < -0.4 is 0 Å². The number of ether oxygens (including phenoxy) is 1. The van der Waals surface area contributed by atoms with Crippen molar-refractivity contribution in [2.75, 3.05) is 6.61 Å². The van der Waals surface area contributed by atoms with Gasteiger partial charge in [-0.1, -0.05) is 24.1 Å². The summed E-state index contributed by atoms with van der Waals surface area (Å²) in [7, 11) is 0. The second-order valence-electron chi connectivity index (χ2n) is 5.09. The molecule has 0 saturated heterocycles. The molecule has 0 aliphatic heterocycles. The molecule has 0 N–H and O–H groups in total. The number of esters is 1. The fourth-order valence-corrected chi connectivity index (χ4v) is 2.31. The minimum absolute atomic E-state index is 0.337. The lowest BCUT2D eigenvalue weighted by Crippen LogP contribution is -2.02. The number of aryl methyl sites for hydroxylation is 1. The number of carbonyl (C=O) groups is 1. The van der Waals surface area contributed by atoms with E-state index in [9.17, 15) is 4.79 Å². The summed E-state index contributed by atoms with van der Waals surface area (Å²) < 4.78 is 6.91. The Morgan fingerprint density at radius 3 is 2.74 bits per heavy atom. The van der Waals surface area contributed by atoms with Crippen molar-refractivity contribution in [3.8, 4) is 11.8 Å². The number of hydrogen-bond donors (Lipinski definition) is 0. The van der Waals surface area contributed by atoms with Crippen LogP contribution in [0.25, 0.3) is 5.52 Å². The van der Waals surface area contributed by atoms with Crippen molar-refractivity contribution in [1.29, 1.82) is 0 Å². The molecular weight excluding hydrogens is 288 g/mol. The molecule has 2 aromatic heterocycles. The zero-order chi connectivity index (χ0) is 16.2. The Labute approximate surface area is 134 Å². The van der Waals surface area contributed by atoms with E-state index in [1.54, 1.807) is 19.2 Å². The van der Waals surface area contributed by atoms with Gasteiger partial charge < -0.3 is 9.14 Å². The lowest BCUT2D eigenvalue weighted by atomic mass is 10.2. The van der Waals surface area contributed by atoms with E-state index in [-0.39, 0.29) is 5.97 Å². The first-order valence-electron chi connectivity index (χ1n) is 7.41. The van der Waals surface area contributed by atoms with Gasteiger partial charge >= 0.3 is 5.97 Å². The summed E-state index contributed by atoms with van der Waals surface area (Å²) in [6, 6.07) is 11.5. The van der Waals surface area contributed by atoms with Gasteiger partial charge in [-0.25, -0.2) is 9.78 Å². The van der Waals surface area contributed by atoms with Gasteiger partial charge in [0.25, 0.3) is 0 Å². The first kappa shape index (κ1) is 14.9. The van der Waals surface area contributed by atoms with Gasteiger partial charge in [0.15, 0.2) is 0 Å². The zero-order valence-corrected chi connectivity index (χ0v) is 13.0. The summed E-state index contributed by atoms with van der Waals surface area (Å²) in [5.41, 5.74) is 3.69. The Bertz CT molecular complexity index is 915. The number of carbonyl (C=O) groups excluding carboxylic acids is 1. The third-order valence-corrected chi connectivity index (χ3v) is 3.32. The quantitative estimate of drug-likeness (QED) is 0.539. The predicted molar refractivity (Wildman–Crippen MR) is 88.3 cm³/mol. The molecule has 4 heteroatoms. The van der Waals surface area contributed by atoms with Gasteiger partial charge in [-0.3, -0.25) is 0 Å². The standard InChI is InChI=1S/C19H16N2O2/c1-3-23-19(22)16-11-18-17(20-14(2)12-21(18)13-16)10-9-15-7-5-4-6-8-15/h4-8,11-13H,3H2,1-2H3. The number of aromatic nitrogens is 2. The minimum atomic E-state index is -0.337. The molecule has 2 heterocycles. The highest BCUT2D eigenvalue weighted by Crippen LogP contribution is 2.15. The SMILES string of the molecule is CCOC(=O)c1cc2c(C#Cc3ccccc3)nc(C)cn2c1. The Balaban J connectivity index is 2.06. The molecule has 0 saturated carbocycles. The van der Waals surface area contributed by atoms with Crippen molar-refractivity contribution in [2.24, 2.45) is 0 Å². The highest BCUT2D eigenvalue weighted by Gasteiger charge is 2.12. The Hall–Kier alpha value is -3.06. The lowest BCUT2D eigenvalue weighted by molar-refractivity contribution is 0.0526. The van der Waals surface area contributed by atoms with Gasteiger partial charge in [-0.15, -0.1) is 0 Å². The van der Waals surface area contributed by atoms with Crippen LogP contribution in [0.3, 0.4) is 0 Å². The van der Waals surface area contributed by atoms with E-state index >= 15 is 0 Å². The van der Waals surface area contributed by atoms with Crippen LogP contribution in [0.1, 0.15) is 34.2 Å². The Morgan fingerprint density at radius 1 is 1.22 bits per heavy atom. The van der Waals surface area contributed by atoms with Crippen molar-refractivity contribution >= 4 is 11.5 Å². The van der Waals surface area contributed by atoms with E-state index in [1.807, 2.05) is 47.9 Å². The second kappa shape index (κ2) is 6.37. The van der Waals surface area contributed by atoms with E-state index in [0.29, 0.717) is 17.9 Å². The number of benzene rings is 1. The molecule has 0 fully saturated rings. The third kappa shape index (κ3) is 3.24. The Morgan fingerprint density at radius 2 is 2.00 bits per heavy atom. The van der Waals surface area contributed by atoms with Crippen LogP contribution >= 0.6 is 0 Å². The van der Waals surface area contributed by atoms with Crippen LogP contribution in [0.4, 0.5) is 0 Å². The minimum Gasteiger partial charge on any atom is -0.462 e. The molecule has 4 nitrogen and oxygen atoms in total. The van der Waals surface area contributed by atoms with Gasteiger partial charge in [0.05, 0.1) is 23.4 Å². The summed E-state index contributed by atoms with van der Waals surface area (Å²) >= 11 is 0. The normalized spacial score (nSPS) is 10.2. The zero-order valence-electron chi connectivity index (χ0n) is 13.0. The van der Waals surface area contributed by atoms with E-state index in [1.165, 1.54) is 0 Å². The maximum Gasteiger partial charge on any atom is 0.339 e. The number of hydrogen-bond acceptors (Lipinski definition) is 3. The molecule has 1 aromatic carbocycles. The van der Waals surface area contributed by atoms with Crippen LogP contribution in [0.5, 0.6) is 0 Å². The topological polar surface area (TPSA) is 43.6 Å². The molecule has 0 aliphatic carbocycles. The summed E-state index contributed by atoms with van der Waals surface area (Å²) in [6.07, 6.45) is 3.61. The monoisotopic (exact) mass is 304 g/mol. The van der Waals surface area contributed by atoms with Gasteiger partial charge in [0.2, 0.25) is 0 Å². The van der Waals surface area contributed by atoms with Crippen LogP contribution in [0.15, 0.2) is 48.8 Å². The first-order valence-corrected chi connectivity index (χ1v) is 7.41. The number of fused-ring (bicyclic) bond motifs is 1.